The minimum absolute atomic E-state index is 0.118. The van der Waals surface area contributed by atoms with Crippen LogP contribution in [0.1, 0.15) is 26.3 Å². The summed E-state index contributed by atoms with van der Waals surface area (Å²) in [5.41, 5.74) is -0.0895. The van der Waals surface area contributed by atoms with Gasteiger partial charge in [-0.25, -0.2) is 4.90 Å². The monoisotopic (exact) mass is 410 g/mol. The van der Waals surface area contributed by atoms with Gasteiger partial charge in [-0.3, -0.25) is 29.5 Å². The average molecular weight is 410 g/mol. The molecule has 0 bridgehead atoms. The number of anilines is 1. The molecule has 0 spiro atoms. The molecule has 3 aliphatic heterocycles. The molecule has 4 rings (SSSR count). The SMILES string of the molecule is Cc1cc([N+](=O)[O-])ccc1N1C(=O)[C@@H]2[C@@H](C1=O)[C@@H](C(=O)C(C)(C)C)N1N=CC=C[C@H]21. The Labute approximate surface area is 173 Å². The number of nitro benzene ring substituents is 1. The molecule has 9 heteroatoms. The highest BCUT2D eigenvalue weighted by Gasteiger charge is 2.64. The van der Waals surface area contributed by atoms with Gasteiger partial charge in [0.15, 0.2) is 5.78 Å². The number of allylic oxidation sites excluding steroid dienone is 1. The number of rotatable bonds is 3. The fourth-order valence-corrected chi connectivity index (χ4v) is 4.52. The summed E-state index contributed by atoms with van der Waals surface area (Å²) in [7, 11) is 0. The second-order valence-corrected chi connectivity index (χ2v) is 8.87. The Bertz CT molecular complexity index is 1040. The van der Waals surface area contributed by atoms with Gasteiger partial charge in [0.05, 0.1) is 28.5 Å². The highest BCUT2D eigenvalue weighted by molar-refractivity contribution is 6.24. The largest absolute Gasteiger partial charge is 0.297 e. The van der Waals surface area contributed by atoms with Gasteiger partial charge in [-0.15, -0.1) is 0 Å². The van der Waals surface area contributed by atoms with E-state index in [1.807, 2.05) is 0 Å². The number of nitro groups is 1. The third-order valence-corrected chi connectivity index (χ3v) is 5.93. The van der Waals surface area contributed by atoms with Gasteiger partial charge in [0.1, 0.15) is 6.04 Å². The van der Waals surface area contributed by atoms with Crippen LogP contribution in [0.3, 0.4) is 0 Å². The van der Waals surface area contributed by atoms with E-state index in [4.69, 9.17) is 0 Å². The lowest BCUT2D eigenvalue weighted by Crippen LogP contribution is -2.49. The van der Waals surface area contributed by atoms with Crippen LogP contribution in [0.4, 0.5) is 11.4 Å². The summed E-state index contributed by atoms with van der Waals surface area (Å²) < 4.78 is 0. The topological polar surface area (TPSA) is 113 Å². The third-order valence-electron chi connectivity index (χ3n) is 5.93. The molecule has 0 aromatic heterocycles. The molecule has 3 heterocycles. The first-order valence-corrected chi connectivity index (χ1v) is 9.70. The maximum absolute atomic E-state index is 13.5. The van der Waals surface area contributed by atoms with E-state index in [1.165, 1.54) is 18.2 Å². The van der Waals surface area contributed by atoms with Crippen molar-refractivity contribution in [3.63, 3.8) is 0 Å². The van der Waals surface area contributed by atoms with Gasteiger partial charge in [-0.2, -0.15) is 5.10 Å². The van der Waals surface area contributed by atoms with E-state index in [9.17, 15) is 24.5 Å². The van der Waals surface area contributed by atoms with Crippen molar-refractivity contribution < 1.29 is 19.3 Å². The quantitative estimate of drug-likeness (QED) is 0.429. The van der Waals surface area contributed by atoms with Crippen LogP contribution in [0, 0.1) is 34.3 Å². The van der Waals surface area contributed by atoms with E-state index in [0.717, 1.165) is 4.90 Å². The Morgan fingerprint density at radius 1 is 1.17 bits per heavy atom. The number of benzene rings is 1. The number of imide groups is 1. The molecule has 0 N–H and O–H groups in total. The maximum atomic E-state index is 13.5. The molecule has 0 radical (unpaired) electrons. The second-order valence-electron chi connectivity index (χ2n) is 8.87. The fraction of sp³-hybridized carbons (Fsp3) is 0.429. The molecule has 2 amide bonds. The van der Waals surface area contributed by atoms with Gasteiger partial charge in [0, 0.05) is 23.8 Å². The number of hydrogen-bond donors (Lipinski definition) is 0. The van der Waals surface area contributed by atoms with E-state index < -0.39 is 46.1 Å². The summed E-state index contributed by atoms with van der Waals surface area (Å²) >= 11 is 0. The lowest BCUT2D eigenvalue weighted by Gasteiger charge is -2.33. The van der Waals surface area contributed by atoms with Crippen molar-refractivity contribution in [1.29, 1.82) is 0 Å². The average Bonchev–Trinajstić information content (AvgIpc) is 3.14. The molecular weight excluding hydrogens is 388 g/mol. The van der Waals surface area contributed by atoms with Crippen LogP contribution in [-0.2, 0) is 14.4 Å². The molecule has 3 aliphatic rings. The van der Waals surface area contributed by atoms with Crippen LogP contribution in [0.15, 0.2) is 35.5 Å². The number of Topliss-reactive ketones (excluding diaryl/α,β-unsaturated/α-hetero) is 1. The zero-order valence-corrected chi connectivity index (χ0v) is 17.1. The highest BCUT2D eigenvalue weighted by atomic mass is 16.6. The van der Waals surface area contributed by atoms with Crippen molar-refractivity contribution >= 4 is 35.2 Å². The van der Waals surface area contributed by atoms with Crippen LogP contribution in [-0.4, -0.2) is 45.8 Å². The Balaban J connectivity index is 1.79. The molecule has 1 aromatic rings. The number of aryl methyl sites for hydroxylation is 1. The first-order valence-electron chi connectivity index (χ1n) is 9.70. The van der Waals surface area contributed by atoms with Gasteiger partial charge in [0.25, 0.3) is 5.69 Å². The van der Waals surface area contributed by atoms with E-state index in [0.29, 0.717) is 11.3 Å². The van der Waals surface area contributed by atoms with E-state index in [1.54, 1.807) is 51.1 Å². The highest BCUT2D eigenvalue weighted by Crippen LogP contribution is 2.47. The van der Waals surface area contributed by atoms with Crippen molar-refractivity contribution in [2.75, 3.05) is 4.90 Å². The number of hydrogen-bond acceptors (Lipinski definition) is 7. The molecule has 0 unspecified atom stereocenters. The van der Waals surface area contributed by atoms with Crippen LogP contribution in [0.2, 0.25) is 0 Å². The van der Waals surface area contributed by atoms with Crippen molar-refractivity contribution in [2.45, 2.75) is 39.8 Å². The van der Waals surface area contributed by atoms with Gasteiger partial charge in [0.2, 0.25) is 11.8 Å². The molecule has 2 saturated heterocycles. The van der Waals surface area contributed by atoms with E-state index in [-0.39, 0.29) is 11.5 Å². The Morgan fingerprint density at radius 3 is 2.43 bits per heavy atom. The smallest absolute Gasteiger partial charge is 0.269 e. The Hall–Kier alpha value is -3.36. The predicted molar refractivity (Wildman–Crippen MR) is 109 cm³/mol. The Morgan fingerprint density at radius 2 is 1.83 bits per heavy atom. The van der Waals surface area contributed by atoms with Crippen LogP contribution >= 0.6 is 0 Å². The number of nitrogens with zero attached hydrogens (tertiary/aromatic N) is 4. The van der Waals surface area contributed by atoms with Crippen molar-refractivity contribution in [3.8, 4) is 0 Å². The van der Waals surface area contributed by atoms with Crippen molar-refractivity contribution in [3.05, 3.63) is 46.0 Å². The third kappa shape index (κ3) is 2.76. The van der Waals surface area contributed by atoms with E-state index >= 15 is 0 Å². The summed E-state index contributed by atoms with van der Waals surface area (Å²) in [4.78, 5) is 51.7. The fourth-order valence-electron chi connectivity index (χ4n) is 4.52. The minimum Gasteiger partial charge on any atom is -0.297 e. The molecule has 0 aliphatic carbocycles. The van der Waals surface area contributed by atoms with Crippen LogP contribution in [0.25, 0.3) is 0 Å². The number of hydrazone groups is 1. The van der Waals surface area contributed by atoms with Crippen molar-refractivity contribution in [2.24, 2.45) is 22.4 Å². The second kappa shape index (κ2) is 6.58. The first-order chi connectivity index (χ1) is 14.0. The lowest BCUT2D eigenvalue weighted by atomic mass is 9.80. The number of ketones is 1. The summed E-state index contributed by atoms with van der Waals surface area (Å²) in [6.45, 7) is 6.95. The summed E-state index contributed by atoms with van der Waals surface area (Å²) in [5.74, 6) is -2.64. The summed E-state index contributed by atoms with van der Waals surface area (Å²) in [6, 6.07) is 2.68. The predicted octanol–water partition coefficient (Wildman–Crippen LogP) is 2.23. The van der Waals surface area contributed by atoms with Crippen LogP contribution < -0.4 is 4.90 Å². The number of carbonyl (C=O) groups is 3. The Kier molecular flexibility index (Phi) is 4.37. The lowest BCUT2D eigenvalue weighted by molar-refractivity contribution is -0.384. The number of non-ortho nitro benzene ring substituents is 1. The maximum Gasteiger partial charge on any atom is 0.269 e. The number of amides is 2. The van der Waals surface area contributed by atoms with Crippen LogP contribution in [0.5, 0.6) is 0 Å². The molecule has 2 fully saturated rings. The zero-order valence-electron chi connectivity index (χ0n) is 17.1. The van der Waals surface area contributed by atoms with E-state index in [2.05, 4.69) is 5.10 Å². The molecule has 156 valence electrons. The molecule has 0 saturated carbocycles. The number of carbonyl (C=O) groups excluding carboxylic acids is 3. The summed E-state index contributed by atoms with van der Waals surface area (Å²) in [5, 5.41) is 16.9. The molecule has 30 heavy (non-hydrogen) atoms. The summed E-state index contributed by atoms with van der Waals surface area (Å²) in [6.07, 6.45) is 5.05. The molecule has 4 atom stereocenters. The molecule has 9 nitrogen and oxygen atoms in total. The standard InChI is InChI=1S/C21H22N4O5/c1-11-10-12(25(29)30)7-8-13(11)23-19(27)15-14-6-5-9-22-24(14)17(16(15)20(23)28)18(26)21(2,3)4/h5-10,14-17H,1-4H3/t14-,15+,16-,17+/m1/s1. The minimum atomic E-state index is -0.858. The molecule has 1 aromatic carbocycles. The van der Waals surface area contributed by atoms with Gasteiger partial charge in [-0.05, 0) is 24.6 Å². The van der Waals surface area contributed by atoms with Crippen molar-refractivity contribution in [1.82, 2.24) is 5.01 Å². The van der Waals surface area contributed by atoms with Gasteiger partial charge in [-0.1, -0.05) is 26.8 Å². The number of fused-ring (bicyclic) bond motifs is 3. The normalized spacial score (nSPS) is 27.5. The van der Waals surface area contributed by atoms with Gasteiger partial charge >= 0.3 is 0 Å². The molecular formula is C21H22N4O5. The first kappa shape index (κ1) is 19.9. The van der Waals surface area contributed by atoms with Gasteiger partial charge < -0.3 is 0 Å². The zero-order chi connectivity index (χ0) is 22.0.